The van der Waals surface area contributed by atoms with Crippen LogP contribution in [-0.4, -0.2) is 54.5 Å². The highest BCUT2D eigenvalue weighted by Crippen LogP contribution is 2.40. The van der Waals surface area contributed by atoms with Crippen LogP contribution in [0.5, 0.6) is 23.0 Å². The first-order chi connectivity index (χ1) is 22.1. The molecule has 1 atom stereocenters. The number of halogens is 8. The molecule has 2 aromatic heterocycles. The van der Waals surface area contributed by atoms with Crippen molar-refractivity contribution >= 4 is 40.2 Å². The van der Waals surface area contributed by atoms with Gasteiger partial charge in [0.25, 0.3) is 12.1 Å². The number of anilines is 2. The molecule has 3 amide bonds. The van der Waals surface area contributed by atoms with Crippen molar-refractivity contribution in [3.63, 3.8) is 0 Å². The first kappa shape index (κ1) is 32.6. The van der Waals surface area contributed by atoms with Crippen molar-refractivity contribution in [3.05, 3.63) is 72.2 Å². The highest BCUT2D eigenvalue weighted by Gasteiger charge is 2.54. The minimum Gasteiger partial charge on any atom is -0.493 e. The second kappa shape index (κ2) is 11.9. The zero-order valence-electron chi connectivity index (χ0n) is 23.4. The number of urea groups is 1. The molecule has 4 aromatic rings. The third-order valence-corrected chi connectivity index (χ3v) is 6.54. The first-order valence-corrected chi connectivity index (χ1v) is 12.7. The Bertz CT molecular complexity index is 1920. The van der Waals surface area contributed by atoms with E-state index in [9.17, 15) is 40.7 Å². The number of imide groups is 1. The number of amides is 3. The summed E-state index contributed by atoms with van der Waals surface area (Å²) in [6.07, 6.45) is -11.6. The Balaban J connectivity index is 1.55. The van der Waals surface area contributed by atoms with Gasteiger partial charge >= 0.3 is 24.4 Å². The highest BCUT2D eigenvalue weighted by atomic mass is 19.4. The van der Waals surface area contributed by atoms with Crippen LogP contribution in [0.4, 0.5) is 51.3 Å². The zero-order chi connectivity index (χ0) is 34.4. The van der Waals surface area contributed by atoms with E-state index in [1.54, 1.807) is 0 Å². The van der Waals surface area contributed by atoms with Crippen LogP contribution in [-0.2, 0) is 20.5 Å². The fourth-order valence-corrected chi connectivity index (χ4v) is 4.40. The fraction of sp³-hybridized carbons (Fsp3) is 0.179. The molecule has 2 aromatic carbocycles. The summed E-state index contributed by atoms with van der Waals surface area (Å²) in [5.74, 6) is -8.97. The maximum absolute atomic E-state index is 15.5. The van der Waals surface area contributed by atoms with Gasteiger partial charge < -0.3 is 18.9 Å². The summed E-state index contributed by atoms with van der Waals surface area (Å²) in [7, 11) is 2.71. The number of aromatic nitrogens is 2. The number of rotatable bonds is 7. The second-order valence-electron chi connectivity index (χ2n) is 9.36. The summed E-state index contributed by atoms with van der Waals surface area (Å²) in [6.45, 7) is 0. The molecule has 0 aliphatic carbocycles. The fourth-order valence-electron chi connectivity index (χ4n) is 4.40. The van der Waals surface area contributed by atoms with Crippen LogP contribution >= 0.6 is 0 Å². The van der Waals surface area contributed by atoms with Gasteiger partial charge in [0.05, 0.1) is 42.9 Å². The number of fused-ring (bicyclic) bond motifs is 1. The van der Waals surface area contributed by atoms with Crippen LogP contribution in [0.3, 0.4) is 0 Å². The number of carbonyl (C=O) groups is 3. The Kier molecular flexibility index (Phi) is 8.25. The lowest BCUT2D eigenvalue weighted by Gasteiger charge is -2.22. The number of nitrogens with zero attached hydrogens (tertiary/aromatic N) is 4. The van der Waals surface area contributed by atoms with Crippen LogP contribution in [0, 0.1) is 11.6 Å². The molecular weight excluding hydrogens is 656 g/mol. The minimum atomic E-state index is -5.73. The summed E-state index contributed by atoms with van der Waals surface area (Å²) in [4.78, 5) is 45.2. The van der Waals surface area contributed by atoms with E-state index in [-0.39, 0.29) is 38.3 Å². The third kappa shape index (κ3) is 5.98. The molecule has 1 aliphatic rings. The van der Waals surface area contributed by atoms with Crippen LogP contribution < -0.4 is 24.0 Å². The number of esters is 1. The van der Waals surface area contributed by atoms with Gasteiger partial charge in [-0.15, -0.1) is 0 Å². The lowest BCUT2D eigenvalue weighted by Crippen LogP contribution is -2.42. The van der Waals surface area contributed by atoms with E-state index in [4.69, 9.17) is 14.2 Å². The first-order valence-electron chi connectivity index (χ1n) is 12.7. The van der Waals surface area contributed by atoms with E-state index in [0.29, 0.717) is 24.2 Å². The van der Waals surface area contributed by atoms with Gasteiger partial charge in [-0.05, 0) is 30.3 Å². The molecule has 1 aliphatic heterocycles. The van der Waals surface area contributed by atoms with E-state index in [0.717, 1.165) is 6.07 Å². The summed E-state index contributed by atoms with van der Waals surface area (Å²) in [5.41, 5.74) is -3.38. The number of pyridine rings is 2. The molecule has 0 N–H and O–H groups in total. The monoisotopic (exact) mass is 672 g/mol. The molecule has 0 radical (unpaired) electrons. The van der Waals surface area contributed by atoms with Crippen LogP contribution in [0.1, 0.15) is 5.56 Å². The molecule has 0 spiro atoms. The van der Waals surface area contributed by atoms with Crippen molar-refractivity contribution in [3.8, 4) is 23.0 Å². The largest absolute Gasteiger partial charge is 0.493 e. The molecule has 246 valence electrons. The Morgan fingerprint density at radius 3 is 2.17 bits per heavy atom. The SMILES string of the molecule is COc1cc2nccc(Oc3ccc(N4C(=O)C(OC(=O)C(F)(F)F)N(c5cncc(C(F)(F)F)c5)C4=O)c(F)c3F)c2cc1OC. The molecule has 1 saturated heterocycles. The van der Waals surface area contributed by atoms with Crippen molar-refractivity contribution in [1.29, 1.82) is 0 Å². The molecule has 19 heteroatoms. The molecule has 1 unspecified atom stereocenters. The van der Waals surface area contributed by atoms with Gasteiger partial charge in [-0.3, -0.25) is 14.8 Å². The smallest absolute Gasteiger partial charge is 0.491 e. The van der Waals surface area contributed by atoms with Gasteiger partial charge in [0.15, 0.2) is 23.1 Å². The lowest BCUT2D eigenvalue weighted by molar-refractivity contribution is -0.204. The minimum absolute atomic E-state index is 0.0716. The molecule has 1 fully saturated rings. The summed E-state index contributed by atoms with van der Waals surface area (Å²) < 4.78 is 130. The molecule has 11 nitrogen and oxygen atoms in total. The highest BCUT2D eigenvalue weighted by molar-refractivity contribution is 6.28. The summed E-state index contributed by atoms with van der Waals surface area (Å²) >= 11 is 0. The topological polar surface area (TPSA) is 120 Å². The van der Waals surface area contributed by atoms with Gasteiger partial charge in [-0.2, -0.15) is 30.7 Å². The predicted molar refractivity (Wildman–Crippen MR) is 142 cm³/mol. The zero-order valence-corrected chi connectivity index (χ0v) is 23.4. The summed E-state index contributed by atoms with van der Waals surface area (Å²) in [6, 6.07) is 3.99. The quantitative estimate of drug-likeness (QED) is 0.130. The Hall–Kier alpha value is -5.75. The van der Waals surface area contributed by atoms with Crippen molar-refractivity contribution < 1.29 is 68.5 Å². The molecule has 0 bridgehead atoms. The average Bonchev–Trinajstić information content (AvgIpc) is 3.26. The van der Waals surface area contributed by atoms with Gasteiger partial charge in [0, 0.05) is 23.8 Å². The Labute approximate surface area is 256 Å². The maximum Gasteiger partial charge on any atom is 0.491 e. The van der Waals surface area contributed by atoms with E-state index in [1.165, 1.54) is 38.6 Å². The molecule has 5 rings (SSSR count). The summed E-state index contributed by atoms with van der Waals surface area (Å²) in [5, 5.41) is 0.249. The van der Waals surface area contributed by atoms with Crippen molar-refractivity contribution in [2.75, 3.05) is 24.0 Å². The maximum atomic E-state index is 15.5. The molecule has 3 heterocycles. The van der Waals surface area contributed by atoms with Crippen molar-refractivity contribution in [2.24, 2.45) is 0 Å². The van der Waals surface area contributed by atoms with Crippen LogP contribution in [0.25, 0.3) is 10.9 Å². The number of ether oxygens (including phenoxy) is 4. The predicted octanol–water partition coefficient (Wildman–Crippen LogP) is 6.14. The number of methoxy groups -OCH3 is 2. The van der Waals surface area contributed by atoms with E-state index in [1.807, 2.05) is 0 Å². The van der Waals surface area contributed by atoms with Crippen LogP contribution in [0.15, 0.2) is 55.0 Å². The van der Waals surface area contributed by atoms with Gasteiger partial charge in [0.2, 0.25) is 5.82 Å². The average molecular weight is 672 g/mol. The van der Waals surface area contributed by atoms with Gasteiger partial charge in [-0.1, -0.05) is 0 Å². The standard InChI is InChI=1S/C28H16F8N4O7/c1-44-19-8-14-15(9-20(19)45-2)38-6-5-17(14)46-18-4-3-16(21(29)22(18)30)40-23(41)24(47-25(42)28(34,35)36)39(26(40)43)13-7-12(10-37-11-13)27(31,32)33/h3-11,24H,1-2H3. The Morgan fingerprint density at radius 2 is 1.53 bits per heavy atom. The van der Waals surface area contributed by atoms with Gasteiger partial charge in [0.1, 0.15) is 5.75 Å². The number of hydrogen-bond donors (Lipinski definition) is 0. The van der Waals surface area contributed by atoms with Crippen molar-refractivity contribution in [1.82, 2.24) is 9.97 Å². The number of hydrogen-bond acceptors (Lipinski definition) is 9. The van der Waals surface area contributed by atoms with E-state index < -0.39 is 70.8 Å². The molecular formula is C28H16F8N4O7. The molecule has 47 heavy (non-hydrogen) atoms. The normalized spacial score (nSPS) is 15.3. The van der Waals surface area contributed by atoms with Crippen molar-refractivity contribution in [2.45, 2.75) is 18.6 Å². The van der Waals surface area contributed by atoms with Gasteiger partial charge in [-0.25, -0.2) is 23.8 Å². The Morgan fingerprint density at radius 1 is 0.851 bits per heavy atom. The lowest BCUT2D eigenvalue weighted by atomic mass is 10.1. The van der Waals surface area contributed by atoms with E-state index >= 15 is 8.78 Å². The second-order valence-corrected chi connectivity index (χ2v) is 9.36. The van der Waals surface area contributed by atoms with Crippen LogP contribution in [0.2, 0.25) is 0 Å². The number of benzene rings is 2. The molecule has 0 saturated carbocycles. The number of carbonyl (C=O) groups excluding carboxylic acids is 3. The third-order valence-electron chi connectivity index (χ3n) is 6.54. The van der Waals surface area contributed by atoms with E-state index in [2.05, 4.69) is 14.7 Å². The number of alkyl halides is 6.